The first-order valence-electron chi connectivity index (χ1n) is 6.13. The molecule has 1 N–H and O–H groups in total. The van der Waals surface area contributed by atoms with E-state index in [1.54, 1.807) is 0 Å². The van der Waals surface area contributed by atoms with Gasteiger partial charge in [0.15, 0.2) is 0 Å². The van der Waals surface area contributed by atoms with Crippen molar-refractivity contribution in [2.45, 2.75) is 31.7 Å². The second kappa shape index (κ2) is 8.76. The Balaban J connectivity index is 0.000000202. The number of hydrogen-bond acceptors (Lipinski definition) is 3. The summed E-state index contributed by atoms with van der Waals surface area (Å²) in [5.74, 6) is -0.107. The molecule has 0 bridgehead atoms. The molecular formula is C14H21NO2. The number of piperidine rings is 1. The van der Waals surface area contributed by atoms with Gasteiger partial charge in [0.05, 0.1) is 13.5 Å². The smallest absolute Gasteiger partial charge is 0.307 e. The topological polar surface area (TPSA) is 38.3 Å². The zero-order chi connectivity index (χ0) is 12.3. The highest BCUT2D eigenvalue weighted by Gasteiger charge is 2.15. The molecule has 2 rings (SSSR count). The average Bonchev–Trinajstić information content (AvgIpc) is 2.42. The number of ether oxygens (including phenoxy) is 1. The summed E-state index contributed by atoms with van der Waals surface area (Å²) in [6.45, 7) is 1.04. The van der Waals surface area contributed by atoms with Gasteiger partial charge in [-0.2, -0.15) is 0 Å². The standard InChI is InChI=1S/C8H15NO2.C6H6/c1-11-8(10)6-7-4-2-3-5-9-7;1-2-4-6-5-3-1/h7,9H,2-6H2,1H3;1-6H/t7-;/m1./s1. The molecule has 3 nitrogen and oxygen atoms in total. The summed E-state index contributed by atoms with van der Waals surface area (Å²) in [6.07, 6.45) is 4.10. The van der Waals surface area contributed by atoms with Crippen molar-refractivity contribution < 1.29 is 9.53 Å². The second-order valence-electron chi connectivity index (χ2n) is 4.08. The maximum Gasteiger partial charge on any atom is 0.307 e. The highest BCUT2D eigenvalue weighted by Crippen LogP contribution is 2.09. The molecule has 0 unspecified atom stereocenters. The van der Waals surface area contributed by atoms with E-state index in [1.807, 2.05) is 36.4 Å². The molecule has 0 radical (unpaired) electrons. The highest BCUT2D eigenvalue weighted by atomic mass is 16.5. The van der Waals surface area contributed by atoms with Crippen molar-refractivity contribution in [1.82, 2.24) is 5.32 Å². The zero-order valence-corrected chi connectivity index (χ0v) is 10.4. The first-order valence-corrected chi connectivity index (χ1v) is 6.13. The molecule has 94 valence electrons. The van der Waals surface area contributed by atoms with Gasteiger partial charge in [0.1, 0.15) is 0 Å². The summed E-state index contributed by atoms with van der Waals surface area (Å²) >= 11 is 0. The Morgan fingerprint density at radius 2 is 1.76 bits per heavy atom. The SMILES string of the molecule is COC(=O)C[C@H]1CCCCN1.c1ccccc1. The Morgan fingerprint density at radius 3 is 2.18 bits per heavy atom. The minimum Gasteiger partial charge on any atom is -0.469 e. The molecule has 1 fully saturated rings. The van der Waals surface area contributed by atoms with Crippen LogP contribution in [0.4, 0.5) is 0 Å². The first-order chi connectivity index (χ1) is 8.33. The van der Waals surface area contributed by atoms with Crippen molar-refractivity contribution in [3.8, 4) is 0 Å². The Hall–Kier alpha value is -1.35. The van der Waals surface area contributed by atoms with Crippen molar-refractivity contribution in [3.05, 3.63) is 36.4 Å². The van der Waals surface area contributed by atoms with E-state index in [0.29, 0.717) is 12.5 Å². The molecule has 0 aromatic heterocycles. The fraction of sp³-hybridized carbons (Fsp3) is 0.500. The van der Waals surface area contributed by atoms with Crippen LogP contribution in [-0.4, -0.2) is 25.7 Å². The molecule has 1 aromatic rings. The Labute approximate surface area is 103 Å². The highest BCUT2D eigenvalue weighted by molar-refractivity contribution is 5.69. The van der Waals surface area contributed by atoms with E-state index in [2.05, 4.69) is 10.1 Å². The third kappa shape index (κ3) is 6.74. The van der Waals surface area contributed by atoms with E-state index in [-0.39, 0.29) is 5.97 Å². The van der Waals surface area contributed by atoms with Gasteiger partial charge in [0, 0.05) is 6.04 Å². The largest absolute Gasteiger partial charge is 0.469 e. The van der Waals surface area contributed by atoms with Crippen LogP contribution in [0.1, 0.15) is 25.7 Å². The minimum absolute atomic E-state index is 0.107. The van der Waals surface area contributed by atoms with Gasteiger partial charge in [-0.15, -0.1) is 0 Å². The van der Waals surface area contributed by atoms with Crippen molar-refractivity contribution in [2.75, 3.05) is 13.7 Å². The lowest BCUT2D eigenvalue weighted by Crippen LogP contribution is -2.35. The summed E-state index contributed by atoms with van der Waals surface area (Å²) in [6, 6.07) is 12.4. The number of rotatable bonds is 2. The predicted octanol–water partition coefficient (Wildman–Crippen LogP) is 2.38. The Morgan fingerprint density at radius 1 is 1.18 bits per heavy atom. The monoisotopic (exact) mass is 235 g/mol. The van der Waals surface area contributed by atoms with Gasteiger partial charge >= 0.3 is 5.97 Å². The van der Waals surface area contributed by atoms with Gasteiger partial charge in [-0.1, -0.05) is 42.8 Å². The molecule has 1 atom stereocenters. The molecule has 17 heavy (non-hydrogen) atoms. The summed E-state index contributed by atoms with van der Waals surface area (Å²) in [5.41, 5.74) is 0. The minimum atomic E-state index is -0.107. The van der Waals surface area contributed by atoms with Crippen LogP contribution in [0.25, 0.3) is 0 Å². The number of esters is 1. The number of carbonyl (C=O) groups is 1. The lowest BCUT2D eigenvalue weighted by molar-refractivity contribution is -0.141. The lowest BCUT2D eigenvalue weighted by Gasteiger charge is -2.21. The fourth-order valence-corrected chi connectivity index (χ4v) is 1.77. The molecular weight excluding hydrogens is 214 g/mol. The van der Waals surface area contributed by atoms with Gasteiger partial charge in [0.25, 0.3) is 0 Å². The number of nitrogens with one attached hydrogen (secondary N) is 1. The van der Waals surface area contributed by atoms with Crippen molar-refractivity contribution in [2.24, 2.45) is 0 Å². The third-order valence-electron chi connectivity index (χ3n) is 2.72. The van der Waals surface area contributed by atoms with Crippen LogP contribution >= 0.6 is 0 Å². The number of hydrogen-bond donors (Lipinski definition) is 1. The van der Waals surface area contributed by atoms with Crippen molar-refractivity contribution >= 4 is 5.97 Å². The van der Waals surface area contributed by atoms with E-state index in [4.69, 9.17) is 0 Å². The molecule has 1 aliphatic heterocycles. The molecule has 1 aliphatic rings. The molecule has 1 aromatic carbocycles. The van der Waals surface area contributed by atoms with Crippen LogP contribution in [0, 0.1) is 0 Å². The van der Waals surface area contributed by atoms with E-state index in [9.17, 15) is 4.79 Å². The summed E-state index contributed by atoms with van der Waals surface area (Å²) in [7, 11) is 1.44. The van der Waals surface area contributed by atoms with Crippen LogP contribution in [0.2, 0.25) is 0 Å². The molecule has 3 heteroatoms. The first kappa shape index (κ1) is 13.7. The Bertz CT molecular complexity index is 268. The van der Waals surface area contributed by atoms with E-state index < -0.39 is 0 Å². The second-order valence-corrected chi connectivity index (χ2v) is 4.08. The molecule has 0 amide bonds. The molecule has 0 spiro atoms. The molecule has 1 heterocycles. The summed E-state index contributed by atoms with van der Waals surface area (Å²) < 4.78 is 4.57. The van der Waals surface area contributed by atoms with Gasteiger partial charge in [-0.05, 0) is 19.4 Å². The van der Waals surface area contributed by atoms with Crippen molar-refractivity contribution in [1.29, 1.82) is 0 Å². The lowest BCUT2D eigenvalue weighted by atomic mass is 10.0. The fourth-order valence-electron chi connectivity index (χ4n) is 1.77. The zero-order valence-electron chi connectivity index (χ0n) is 10.4. The quantitative estimate of drug-likeness (QED) is 0.800. The number of methoxy groups -OCH3 is 1. The average molecular weight is 235 g/mol. The van der Waals surface area contributed by atoms with Crippen LogP contribution in [0.15, 0.2) is 36.4 Å². The normalized spacial score (nSPS) is 18.8. The molecule has 0 saturated carbocycles. The van der Waals surface area contributed by atoms with Crippen molar-refractivity contribution in [3.63, 3.8) is 0 Å². The molecule has 1 saturated heterocycles. The number of benzene rings is 1. The maximum absolute atomic E-state index is 10.8. The van der Waals surface area contributed by atoms with Crippen LogP contribution in [-0.2, 0) is 9.53 Å². The number of carbonyl (C=O) groups excluding carboxylic acids is 1. The summed E-state index contributed by atoms with van der Waals surface area (Å²) in [5, 5.41) is 3.28. The van der Waals surface area contributed by atoms with Gasteiger partial charge in [0.2, 0.25) is 0 Å². The van der Waals surface area contributed by atoms with Gasteiger partial charge < -0.3 is 10.1 Å². The predicted molar refractivity (Wildman–Crippen MR) is 68.7 cm³/mol. The Kier molecular flexibility index (Phi) is 7.07. The van der Waals surface area contributed by atoms with Gasteiger partial charge in [-0.25, -0.2) is 0 Å². The van der Waals surface area contributed by atoms with E-state index in [0.717, 1.165) is 13.0 Å². The van der Waals surface area contributed by atoms with Crippen LogP contribution in [0.5, 0.6) is 0 Å². The van der Waals surface area contributed by atoms with Crippen LogP contribution in [0.3, 0.4) is 0 Å². The van der Waals surface area contributed by atoms with Crippen LogP contribution < -0.4 is 5.32 Å². The van der Waals surface area contributed by atoms with Gasteiger partial charge in [-0.3, -0.25) is 4.79 Å². The third-order valence-corrected chi connectivity index (χ3v) is 2.72. The van der Waals surface area contributed by atoms with E-state index in [1.165, 1.54) is 20.0 Å². The summed E-state index contributed by atoms with van der Waals surface area (Å²) in [4.78, 5) is 10.8. The maximum atomic E-state index is 10.8. The molecule has 0 aliphatic carbocycles. The van der Waals surface area contributed by atoms with E-state index >= 15 is 0 Å².